The highest BCUT2D eigenvalue weighted by Gasteiger charge is 2.16. The normalized spacial score (nSPS) is 14.5. The first-order valence-electron chi connectivity index (χ1n) is 10.1. The molecular weight excluding hydrogens is 396 g/mol. The van der Waals surface area contributed by atoms with Crippen LogP contribution in [0.3, 0.4) is 0 Å². The van der Waals surface area contributed by atoms with Crippen molar-refractivity contribution in [3.05, 3.63) is 55.1 Å². The fourth-order valence-electron chi connectivity index (χ4n) is 3.94. The molecule has 0 radical (unpaired) electrons. The molecule has 1 saturated heterocycles. The van der Waals surface area contributed by atoms with Crippen molar-refractivity contribution >= 4 is 33.8 Å². The molecule has 1 aromatic carbocycles. The van der Waals surface area contributed by atoms with Crippen LogP contribution in [-0.2, 0) is 4.74 Å². The van der Waals surface area contributed by atoms with Crippen LogP contribution in [0.1, 0.15) is 0 Å². The smallest absolute Gasteiger partial charge is 0.199 e. The molecule has 5 heterocycles. The number of morpholine rings is 1. The van der Waals surface area contributed by atoms with E-state index in [9.17, 15) is 5.11 Å². The Hall–Kier alpha value is -3.98. The molecule has 1 aliphatic rings. The number of aromatic nitrogens is 4. The number of H-pyrrole nitrogens is 1. The van der Waals surface area contributed by atoms with Crippen molar-refractivity contribution in [3.8, 4) is 17.3 Å². The van der Waals surface area contributed by atoms with Crippen LogP contribution in [0.15, 0.2) is 59.5 Å². The fraction of sp³-hybridized carbons (Fsp3) is 0.182. The van der Waals surface area contributed by atoms with Gasteiger partial charge in [-0.2, -0.15) is 0 Å². The fourth-order valence-corrected chi connectivity index (χ4v) is 3.94. The number of benzene rings is 1. The molecule has 0 saturated carbocycles. The minimum Gasteiger partial charge on any atom is -0.494 e. The molecule has 9 heteroatoms. The molecule has 1 aliphatic heterocycles. The molecule has 31 heavy (non-hydrogen) atoms. The summed E-state index contributed by atoms with van der Waals surface area (Å²) in [5, 5.41) is 13.9. The van der Waals surface area contributed by atoms with Gasteiger partial charge in [-0.05, 0) is 30.3 Å². The largest absolute Gasteiger partial charge is 0.494 e. The molecule has 9 nitrogen and oxygen atoms in total. The van der Waals surface area contributed by atoms with E-state index in [-0.39, 0.29) is 5.88 Å². The molecule has 0 amide bonds. The average Bonchev–Trinajstić information content (AvgIpc) is 3.53. The van der Waals surface area contributed by atoms with Crippen LogP contribution in [0.4, 0.5) is 17.2 Å². The van der Waals surface area contributed by atoms with Crippen LogP contribution < -0.4 is 10.2 Å². The van der Waals surface area contributed by atoms with Gasteiger partial charge >= 0.3 is 0 Å². The molecule has 4 aromatic heterocycles. The third-order valence-electron chi connectivity index (χ3n) is 5.54. The zero-order chi connectivity index (χ0) is 20.8. The summed E-state index contributed by atoms with van der Waals surface area (Å²) in [6.07, 6.45) is 6.94. The summed E-state index contributed by atoms with van der Waals surface area (Å²) in [6, 6.07) is 10.1. The minimum absolute atomic E-state index is 0.0821. The number of ether oxygens (including phenoxy) is 1. The Morgan fingerprint density at radius 2 is 1.94 bits per heavy atom. The van der Waals surface area contributed by atoms with Gasteiger partial charge in [0.1, 0.15) is 5.69 Å². The number of imidazole rings is 1. The van der Waals surface area contributed by atoms with Gasteiger partial charge in [-0.25, -0.2) is 9.97 Å². The number of anilines is 3. The maximum absolute atomic E-state index is 9.89. The predicted molar refractivity (Wildman–Crippen MR) is 117 cm³/mol. The van der Waals surface area contributed by atoms with Crippen LogP contribution in [0, 0.1) is 0 Å². The monoisotopic (exact) mass is 416 g/mol. The Balaban J connectivity index is 1.30. The Labute approximate surface area is 176 Å². The van der Waals surface area contributed by atoms with E-state index in [2.05, 4.69) is 37.3 Å². The number of hydrogen-bond donors (Lipinski definition) is 3. The van der Waals surface area contributed by atoms with Gasteiger partial charge in [0.05, 0.1) is 24.8 Å². The van der Waals surface area contributed by atoms with Crippen molar-refractivity contribution in [2.75, 3.05) is 36.5 Å². The highest BCUT2D eigenvalue weighted by atomic mass is 16.5. The molecule has 6 rings (SSSR count). The number of nitrogens with one attached hydrogen (secondary N) is 2. The van der Waals surface area contributed by atoms with Crippen molar-refractivity contribution < 1.29 is 14.3 Å². The van der Waals surface area contributed by atoms with Gasteiger partial charge in [-0.3, -0.25) is 4.40 Å². The average molecular weight is 416 g/mol. The van der Waals surface area contributed by atoms with Gasteiger partial charge in [0.25, 0.3) is 0 Å². The second-order valence-corrected chi connectivity index (χ2v) is 7.41. The van der Waals surface area contributed by atoms with Crippen LogP contribution >= 0.6 is 0 Å². The summed E-state index contributed by atoms with van der Waals surface area (Å²) in [6.45, 7) is 3.34. The lowest BCUT2D eigenvalue weighted by Gasteiger charge is -2.28. The van der Waals surface area contributed by atoms with E-state index in [4.69, 9.17) is 9.15 Å². The lowest BCUT2D eigenvalue weighted by Crippen LogP contribution is -2.36. The van der Waals surface area contributed by atoms with Crippen molar-refractivity contribution in [3.63, 3.8) is 0 Å². The molecule has 156 valence electrons. The molecule has 0 aliphatic carbocycles. The third kappa shape index (κ3) is 3.06. The van der Waals surface area contributed by atoms with Crippen molar-refractivity contribution in [2.45, 2.75) is 0 Å². The topological polar surface area (TPSA) is 104 Å². The van der Waals surface area contributed by atoms with Crippen LogP contribution in [0.25, 0.3) is 28.1 Å². The second kappa shape index (κ2) is 7.06. The first-order valence-corrected chi connectivity index (χ1v) is 10.1. The van der Waals surface area contributed by atoms with Crippen molar-refractivity contribution in [1.82, 2.24) is 19.4 Å². The number of nitrogens with zero attached hydrogens (tertiary/aromatic N) is 4. The summed E-state index contributed by atoms with van der Waals surface area (Å²) in [7, 11) is 0. The molecule has 0 atom stereocenters. The van der Waals surface area contributed by atoms with Crippen molar-refractivity contribution in [2.24, 2.45) is 0 Å². The van der Waals surface area contributed by atoms with Crippen LogP contribution in [0.2, 0.25) is 0 Å². The Morgan fingerprint density at radius 3 is 2.74 bits per heavy atom. The van der Waals surface area contributed by atoms with E-state index in [1.807, 2.05) is 22.7 Å². The lowest BCUT2D eigenvalue weighted by atomic mass is 10.2. The summed E-state index contributed by atoms with van der Waals surface area (Å²) in [5.74, 6) is 1.33. The van der Waals surface area contributed by atoms with Gasteiger partial charge < -0.3 is 29.5 Å². The third-order valence-corrected chi connectivity index (χ3v) is 5.54. The zero-order valence-corrected chi connectivity index (χ0v) is 16.6. The molecule has 0 bridgehead atoms. The maximum Gasteiger partial charge on any atom is 0.199 e. The van der Waals surface area contributed by atoms with Crippen LogP contribution in [0.5, 0.6) is 5.88 Å². The predicted octanol–water partition coefficient (Wildman–Crippen LogP) is 3.76. The van der Waals surface area contributed by atoms with Gasteiger partial charge in [-0.1, -0.05) is 0 Å². The zero-order valence-electron chi connectivity index (χ0n) is 16.6. The van der Waals surface area contributed by atoms with Crippen LogP contribution in [-0.4, -0.2) is 50.8 Å². The van der Waals surface area contributed by atoms with Gasteiger partial charge in [-0.15, -0.1) is 0 Å². The first kappa shape index (κ1) is 17.8. The molecule has 1 fully saturated rings. The van der Waals surface area contributed by atoms with E-state index in [0.717, 1.165) is 37.7 Å². The number of furan rings is 1. The Bertz CT molecular complexity index is 1360. The highest BCUT2D eigenvalue weighted by molar-refractivity contribution is 5.87. The number of rotatable bonds is 4. The summed E-state index contributed by atoms with van der Waals surface area (Å²) >= 11 is 0. The summed E-state index contributed by atoms with van der Waals surface area (Å²) in [4.78, 5) is 14.1. The quantitative estimate of drug-likeness (QED) is 0.410. The van der Waals surface area contributed by atoms with Gasteiger partial charge in [0.2, 0.25) is 0 Å². The lowest BCUT2D eigenvalue weighted by molar-refractivity contribution is 0.122. The summed E-state index contributed by atoms with van der Waals surface area (Å²) in [5.41, 5.74) is 4.13. The van der Waals surface area contributed by atoms with E-state index in [0.29, 0.717) is 28.2 Å². The number of fused-ring (bicyclic) bond motifs is 2. The van der Waals surface area contributed by atoms with E-state index < -0.39 is 0 Å². The molecular formula is C22H20N6O3. The van der Waals surface area contributed by atoms with Gasteiger partial charge in [0, 0.05) is 43.1 Å². The molecule has 0 unspecified atom stereocenters. The Morgan fingerprint density at radius 1 is 1.10 bits per heavy atom. The number of aromatic amines is 1. The van der Waals surface area contributed by atoms with E-state index in [1.54, 1.807) is 24.7 Å². The first-order chi connectivity index (χ1) is 15.3. The number of aromatic hydroxyl groups is 1. The summed E-state index contributed by atoms with van der Waals surface area (Å²) < 4.78 is 13.2. The molecule has 3 N–H and O–H groups in total. The molecule has 0 spiro atoms. The van der Waals surface area contributed by atoms with E-state index in [1.165, 1.54) is 5.69 Å². The highest BCUT2D eigenvalue weighted by Crippen LogP contribution is 2.33. The van der Waals surface area contributed by atoms with Crippen molar-refractivity contribution in [1.29, 1.82) is 0 Å². The number of hydrogen-bond acceptors (Lipinski definition) is 7. The Kier molecular flexibility index (Phi) is 4.07. The standard InChI is InChI=1S/C22H20N6O3/c29-22-16-11-18(31-19(16)13-25-22)17-12-24-20(21-23-5-6-28(17)21)26-14-1-3-15(4-2-14)27-7-9-30-10-8-27/h1-6,11-13,25,29H,7-10H2,(H,24,26). The second-order valence-electron chi connectivity index (χ2n) is 7.41. The molecule has 5 aromatic rings. The SMILES string of the molecule is Oc1[nH]cc2oc(-c3cnc(Nc4ccc(N5CCOCC5)cc4)c4nccn34)cc12. The minimum atomic E-state index is 0.0821. The van der Waals surface area contributed by atoms with E-state index >= 15 is 0 Å². The maximum atomic E-state index is 9.89. The van der Waals surface area contributed by atoms with Gasteiger partial charge in [0.15, 0.2) is 28.7 Å².